The summed E-state index contributed by atoms with van der Waals surface area (Å²) in [5, 5.41) is 0.365. The molecule has 0 bridgehead atoms. The van der Waals surface area contributed by atoms with Crippen molar-refractivity contribution in [1.82, 2.24) is 19.8 Å². The van der Waals surface area contributed by atoms with E-state index in [4.69, 9.17) is 11.6 Å². The first-order valence-electron chi connectivity index (χ1n) is 7.93. The van der Waals surface area contributed by atoms with Crippen LogP contribution in [0.4, 0.5) is 0 Å². The minimum Gasteiger partial charge on any atom is -0.340 e. The maximum Gasteiger partial charge on any atom is 0.231 e. The molecule has 0 aliphatic carbocycles. The number of hydrogen-bond acceptors (Lipinski definition) is 6. The van der Waals surface area contributed by atoms with Gasteiger partial charge in [-0.2, -0.15) is 0 Å². The second-order valence-corrected chi connectivity index (χ2v) is 9.43. The number of aromatic nitrogens is 2. The van der Waals surface area contributed by atoms with E-state index in [1.807, 2.05) is 0 Å². The Morgan fingerprint density at radius 2 is 2.08 bits per heavy atom. The summed E-state index contributed by atoms with van der Waals surface area (Å²) in [4.78, 5) is 24.7. The molecule has 1 amide bonds. The Kier molecular flexibility index (Phi) is 4.81. The van der Waals surface area contributed by atoms with Gasteiger partial charge in [-0.15, -0.1) is 0 Å². The number of rotatable bonds is 5. The smallest absolute Gasteiger partial charge is 0.231 e. The number of sulfone groups is 1. The van der Waals surface area contributed by atoms with Crippen LogP contribution in [-0.4, -0.2) is 72.3 Å². The van der Waals surface area contributed by atoms with Crippen molar-refractivity contribution in [3.8, 4) is 0 Å². The second-order valence-electron chi connectivity index (χ2n) is 6.78. The number of likely N-dealkylation sites (tertiary alicyclic amines) is 2. The molecule has 3 heterocycles. The quantitative estimate of drug-likeness (QED) is 0.704. The van der Waals surface area contributed by atoms with Gasteiger partial charge in [-0.1, -0.05) is 11.6 Å². The number of hydrogen-bond donors (Lipinski definition) is 0. The number of nitrogens with zero attached hydrogens (tertiary/aromatic N) is 4. The number of amides is 1. The first-order valence-corrected chi connectivity index (χ1v) is 10.4. The van der Waals surface area contributed by atoms with Crippen LogP contribution in [0.15, 0.2) is 12.4 Å². The van der Waals surface area contributed by atoms with E-state index in [2.05, 4.69) is 14.9 Å². The molecule has 24 heavy (non-hydrogen) atoms. The molecule has 1 atom stereocenters. The minimum atomic E-state index is -3.05. The molecule has 132 valence electrons. The van der Waals surface area contributed by atoms with E-state index in [0.29, 0.717) is 31.3 Å². The third-order valence-corrected chi connectivity index (χ3v) is 5.80. The lowest BCUT2D eigenvalue weighted by atomic mass is 9.72. The Bertz CT molecular complexity index is 725. The van der Waals surface area contributed by atoms with Crippen molar-refractivity contribution in [3.63, 3.8) is 0 Å². The average Bonchev–Trinajstić information content (AvgIpc) is 2.53. The van der Waals surface area contributed by atoms with E-state index < -0.39 is 9.84 Å². The van der Waals surface area contributed by atoms with Gasteiger partial charge in [-0.25, -0.2) is 13.4 Å². The van der Waals surface area contributed by atoms with Gasteiger partial charge in [0, 0.05) is 32.4 Å². The van der Waals surface area contributed by atoms with Gasteiger partial charge < -0.3 is 4.90 Å². The van der Waals surface area contributed by atoms with E-state index in [0.717, 1.165) is 25.1 Å². The van der Waals surface area contributed by atoms with Crippen molar-refractivity contribution in [2.75, 3.05) is 38.2 Å². The number of β-lactam (4-membered cyclic amide) rings is 1. The summed E-state index contributed by atoms with van der Waals surface area (Å²) >= 11 is 5.75. The van der Waals surface area contributed by atoms with Gasteiger partial charge in [0.1, 0.15) is 15.0 Å². The van der Waals surface area contributed by atoms with E-state index in [1.165, 1.54) is 12.5 Å². The molecule has 2 aliphatic heterocycles. The zero-order chi connectivity index (χ0) is 17.4. The first kappa shape index (κ1) is 17.6. The zero-order valence-electron chi connectivity index (χ0n) is 13.6. The third-order valence-electron chi connectivity index (χ3n) is 4.68. The summed E-state index contributed by atoms with van der Waals surface area (Å²) in [5.41, 5.74) is 0.479. The molecule has 0 radical (unpaired) electrons. The number of carbonyl (C=O) groups excluding carboxylic acids is 1. The van der Waals surface area contributed by atoms with Crippen LogP contribution in [0.25, 0.3) is 0 Å². The van der Waals surface area contributed by atoms with Crippen LogP contribution in [0.2, 0.25) is 5.15 Å². The maximum atomic E-state index is 12.6. The van der Waals surface area contributed by atoms with Gasteiger partial charge in [0.2, 0.25) is 5.91 Å². The molecule has 0 saturated carbocycles. The SMILES string of the molecule is CS(=O)(=O)CCN1CC2(CCCN(Cc3cnc(Cl)cn3)C2)C1=O. The third kappa shape index (κ3) is 3.87. The normalized spacial score (nSPS) is 25.1. The highest BCUT2D eigenvalue weighted by molar-refractivity contribution is 7.90. The Morgan fingerprint density at radius 3 is 2.71 bits per heavy atom. The molecule has 3 rings (SSSR count). The van der Waals surface area contributed by atoms with Crippen LogP contribution < -0.4 is 0 Å². The number of halogens is 1. The number of carbonyl (C=O) groups is 1. The van der Waals surface area contributed by atoms with Gasteiger partial charge in [0.15, 0.2) is 0 Å². The second kappa shape index (κ2) is 6.57. The van der Waals surface area contributed by atoms with Crippen LogP contribution in [0.3, 0.4) is 0 Å². The minimum absolute atomic E-state index is 0.0267. The van der Waals surface area contributed by atoms with Gasteiger partial charge in [0.05, 0.1) is 29.3 Å². The molecule has 2 fully saturated rings. The predicted octanol–water partition coefficient (Wildman–Crippen LogP) is 0.599. The molecule has 2 aliphatic rings. The summed E-state index contributed by atoms with van der Waals surface area (Å²) < 4.78 is 22.5. The van der Waals surface area contributed by atoms with Crippen LogP contribution >= 0.6 is 11.6 Å². The van der Waals surface area contributed by atoms with Crippen LogP contribution in [-0.2, 0) is 21.2 Å². The van der Waals surface area contributed by atoms with Gasteiger partial charge in [-0.3, -0.25) is 14.7 Å². The van der Waals surface area contributed by atoms with Crippen molar-refractivity contribution in [3.05, 3.63) is 23.2 Å². The van der Waals surface area contributed by atoms with Crippen molar-refractivity contribution < 1.29 is 13.2 Å². The first-order chi connectivity index (χ1) is 11.3. The molecule has 1 aromatic rings. The molecule has 1 spiro atoms. The topological polar surface area (TPSA) is 83.5 Å². The van der Waals surface area contributed by atoms with Crippen molar-refractivity contribution >= 4 is 27.3 Å². The summed E-state index contributed by atoms with van der Waals surface area (Å²) in [6.07, 6.45) is 6.20. The van der Waals surface area contributed by atoms with E-state index in [1.54, 1.807) is 11.1 Å². The lowest BCUT2D eigenvalue weighted by Crippen LogP contribution is -2.67. The van der Waals surface area contributed by atoms with Gasteiger partial charge in [-0.05, 0) is 19.4 Å². The fourth-order valence-corrected chi connectivity index (χ4v) is 4.17. The van der Waals surface area contributed by atoms with E-state index >= 15 is 0 Å². The summed E-state index contributed by atoms with van der Waals surface area (Å²) in [6.45, 7) is 3.18. The lowest BCUT2D eigenvalue weighted by Gasteiger charge is -2.53. The van der Waals surface area contributed by atoms with Gasteiger partial charge >= 0.3 is 0 Å². The molecule has 9 heteroatoms. The molecular formula is C15H21ClN4O3S. The molecular weight excluding hydrogens is 352 g/mol. The standard InChI is InChI=1S/C15H21ClN4O3S/c1-24(22,23)6-5-20-11-15(14(20)21)3-2-4-19(10-15)9-12-7-18-13(16)8-17-12/h7-8H,2-6,9-11H2,1H3. The molecule has 1 aromatic heterocycles. The van der Waals surface area contributed by atoms with E-state index in [9.17, 15) is 13.2 Å². The van der Waals surface area contributed by atoms with Crippen LogP contribution in [0.5, 0.6) is 0 Å². The average molecular weight is 373 g/mol. The highest BCUT2D eigenvalue weighted by atomic mass is 35.5. The molecule has 0 N–H and O–H groups in total. The molecule has 2 saturated heterocycles. The monoisotopic (exact) mass is 372 g/mol. The Morgan fingerprint density at radius 1 is 1.29 bits per heavy atom. The Balaban J connectivity index is 1.58. The van der Waals surface area contributed by atoms with Crippen molar-refractivity contribution in [2.45, 2.75) is 19.4 Å². The predicted molar refractivity (Wildman–Crippen MR) is 90.3 cm³/mol. The molecule has 1 unspecified atom stereocenters. The highest BCUT2D eigenvalue weighted by Crippen LogP contribution is 2.40. The molecule has 7 nitrogen and oxygen atoms in total. The lowest BCUT2D eigenvalue weighted by molar-refractivity contribution is -0.165. The maximum absolute atomic E-state index is 12.6. The fourth-order valence-electron chi connectivity index (χ4n) is 3.52. The highest BCUT2D eigenvalue weighted by Gasteiger charge is 2.53. The van der Waals surface area contributed by atoms with E-state index in [-0.39, 0.29) is 17.1 Å². The fraction of sp³-hybridized carbons (Fsp3) is 0.667. The summed E-state index contributed by atoms with van der Waals surface area (Å²) in [7, 11) is -3.05. The van der Waals surface area contributed by atoms with Crippen molar-refractivity contribution in [1.29, 1.82) is 0 Å². The molecule has 0 aromatic carbocycles. The van der Waals surface area contributed by atoms with Gasteiger partial charge in [0.25, 0.3) is 0 Å². The summed E-state index contributed by atoms with van der Waals surface area (Å²) in [5.74, 6) is 0.108. The van der Waals surface area contributed by atoms with Crippen LogP contribution in [0.1, 0.15) is 18.5 Å². The largest absolute Gasteiger partial charge is 0.340 e. The number of piperidine rings is 1. The zero-order valence-corrected chi connectivity index (χ0v) is 15.2. The van der Waals surface area contributed by atoms with Crippen LogP contribution in [0, 0.1) is 5.41 Å². The van der Waals surface area contributed by atoms with Crippen molar-refractivity contribution in [2.24, 2.45) is 5.41 Å². The Hall–Kier alpha value is -1.25. The Labute approximate surface area is 146 Å². The summed E-state index contributed by atoms with van der Waals surface area (Å²) in [6, 6.07) is 0.